The lowest BCUT2D eigenvalue weighted by molar-refractivity contribution is 0.203. The molecule has 0 aliphatic heterocycles. The summed E-state index contributed by atoms with van der Waals surface area (Å²) in [6.45, 7) is 1.43. The zero-order valence-corrected chi connectivity index (χ0v) is 8.44. The predicted molar refractivity (Wildman–Crippen MR) is 56.2 cm³/mol. The number of rotatable bonds is 5. The Morgan fingerprint density at radius 3 is 2.47 bits per heavy atom. The number of nitrogen functional groups attached to an aromatic ring is 1. The van der Waals surface area contributed by atoms with E-state index in [2.05, 4.69) is 20.7 Å². The van der Waals surface area contributed by atoms with Gasteiger partial charge in [-0.1, -0.05) is 0 Å². The largest absolute Gasteiger partial charge is 0.394 e. The van der Waals surface area contributed by atoms with Crippen molar-refractivity contribution >= 4 is 11.6 Å². The third-order valence-corrected chi connectivity index (χ3v) is 2.00. The van der Waals surface area contributed by atoms with Crippen LogP contribution in [-0.2, 0) is 0 Å². The Labute approximate surface area is 87.3 Å². The highest BCUT2D eigenvalue weighted by Crippen LogP contribution is 2.17. The molecule has 7 heteroatoms. The quantitative estimate of drug-likeness (QED) is 0.309. The van der Waals surface area contributed by atoms with Crippen LogP contribution in [0.2, 0.25) is 0 Å². The molecule has 0 spiro atoms. The van der Waals surface area contributed by atoms with Gasteiger partial charge in [0, 0.05) is 5.56 Å². The second-order valence-corrected chi connectivity index (χ2v) is 3.05. The van der Waals surface area contributed by atoms with Gasteiger partial charge in [0.2, 0.25) is 0 Å². The molecule has 6 N–H and O–H groups in total. The van der Waals surface area contributed by atoms with Gasteiger partial charge in [-0.05, 0) is 6.92 Å². The summed E-state index contributed by atoms with van der Waals surface area (Å²) >= 11 is 0. The monoisotopic (exact) mass is 213 g/mol. The molecule has 0 unspecified atom stereocenters. The summed E-state index contributed by atoms with van der Waals surface area (Å²) in [7, 11) is 0. The number of nitrogens with two attached hydrogens (primary N) is 1. The van der Waals surface area contributed by atoms with E-state index in [0.717, 1.165) is 5.56 Å². The molecule has 15 heavy (non-hydrogen) atoms. The Kier molecular flexibility index (Phi) is 4.22. The van der Waals surface area contributed by atoms with Crippen molar-refractivity contribution in [3.05, 3.63) is 11.9 Å². The van der Waals surface area contributed by atoms with Crippen LogP contribution in [0.25, 0.3) is 0 Å². The van der Waals surface area contributed by atoms with Gasteiger partial charge in [0.05, 0.1) is 19.3 Å². The highest BCUT2D eigenvalue weighted by molar-refractivity contribution is 5.56. The molecule has 0 saturated carbocycles. The topological polar surface area (TPSA) is 116 Å². The molecule has 0 radical (unpaired) electrons. The van der Waals surface area contributed by atoms with E-state index in [0.29, 0.717) is 11.6 Å². The third-order valence-electron chi connectivity index (χ3n) is 2.00. The zero-order valence-electron chi connectivity index (χ0n) is 8.44. The fourth-order valence-electron chi connectivity index (χ4n) is 1.08. The van der Waals surface area contributed by atoms with Gasteiger partial charge in [0.25, 0.3) is 0 Å². The molecule has 0 fully saturated rings. The zero-order chi connectivity index (χ0) is 11.3. The van der Waals surface area contributed by atoms with E-state index in [1.54, 1.807) is 6.92 Å². The average molecular weight is 213 g/mol. The number of hydrogen-bond donors (Lipinski definition) is 5. The standard InChI is InChI=1S/C8H15N5O2/c1-5-7(12-6(2-14)3-15)10-4-11-8(5)13-9/h4,6,14-15H,2-3,9H2,1H3,(H2,10,11,12,13). The van der Waals surface area contributed by atoms with Crippen LogP contribution in [0.3, 0.4) is 0 Å². The van der Waals surface area contributed by atoms with Crippen LogP contribution in [-0.4, -0.2) is 39.4 Å². The number of nitrogens with one attached hydrogen (secondary N) is 2. The second kappa shape index (κ2) is 5.44. The predicted octanol–water partition coefficient (Wildman–Crippen LogP) is -1.16. The Morgan fingerprint density at radius 1 is 1.33 bits per heavy atom. The number of anilines is 2. The highest BCUT2D eigenvalue weighted by atomic mass is 16.3. The Hall–Kier alpha value is -1.44. The molecule has 1 rings (SSSR count). The molecular weight excluding hydrogens is 198 g/mol. The summed E-state index contributed by atoms with van der Waals surface area (Å²) in [5, 5.41) is 20.7. The van der Waals surface area contributed by atoms with Crippen LogP contribution in [0.1, 0.15) is 5.56 Å². The molecular formula is C8H15N5O2. The first-order valence-corrected chi connectivity index (χ1v) is 4.49. The molecule has 0 aliphatic carbocycles. The van der Waals surface area contributed by atoms with Crippen molar-refractivity contribution in [1.29, 1.82) is 0 Å². The van der Waals surface area contributed by atoms with Gasteiger partial charge in [-0.2, -0.15) is 0 Å². The highest BCUT2D eigenvalue weighted by Gasteiger charge is 2.10. The van der Waals surface area contributed by atoms with Crippen molar-refractivity contribution in [2.75, 3.05) is 24.0 Å². The normalized spacial score (nSPS) is 10.5. The van der Waals surface area contributed by atoms with Crippen LogP contribution in [0.4, 0.5) is 11.6 Å². The SMILES string of the molecule is Cc1c(NN)ncnc1NC(CO)CO. The van der Waals surface area contributed by atoms with Crippen LogP contribution >= 0.6 is 0 Å². The summed E-state index contributed by atoms with van der Waals surface area (Å²) < 4.78 is 0. The number of nitrogens with zero attached hydrogens (tertiary/aromatic N) is 2. The fourth-order valence-corrected chi connectivity index (χ4v) is 1.08. The molecule has 7 nitrogen and oxygen atoms in total. The maximum absolute atomic E-state index is 8.90. The minimum Gasteiger partial charge on any atom is -0.394 e. The number of aliphatic hydroxyl groups is 2. The van der Waals surface area contributed by atoms with Crippen LogP contribution < -0.4 is 16.6 Å². The first-order valence-electron chi connectivity index (χ1n) is 4.49. The molecule has 0 saturated heterocycles. The number of aliphatic hydroxyl groups excluding tert-OH is 2. The van der Waals surface area contributed by atoms with Crippen LogP contribution in [0.5, 0.6) is 0 Å². The summed E-state index contributed by atoms with van der Waals surface area (Å²) in [4.78, 5) is 7.89. The summed E-state index contributed by atoms with van der Waals surface area (Å²) in [6, 6.07) is -0.441. The van der Waals surface area contributed by atoms with Gasteiger partial charge in [-0.3, -0.25) is 0 Å². The molecule has 0 atom stereocenters. The molecule has 0 aliphatic rings. The Balaban J connectivity index is 2.85. The van der Waals surface area contributed by atoms with Crippen molar-refractivity contribution in [3.8, 4) is 0 Å². The molecule has 1 heterocycles. The Morgan fingerprint density at radius 2 is 1.93 bits per heavy atom. The lowest BCUT2D eigenvalue weighted by Gasteiger charge is -2.16. The van der Waals surface area contributed by atoms with Gasteiger partial charge in [0.15, 0.2) is 0 Å². The van der Waals surface area contributed by atoms with E-state index < -0.39 is 6.04 Å². The number of hydrazine groups is 1. The van der Waals surface area contributed by atoms with Crippen molar-refractivity contribution < 1.29 is 10.2 Å². The van der Waals surface area contributed by atoms with E-state index in [9.17, 15) is 0 Å². The van der Waals surface area contributed by atoms with Crippen molar-refractivity contribution in [1.82, 2.24) is 9.97 Å². The van der Waals surface area contributed by atoms with Crippen LogP contribution in [0.15, 0.2) is 6.33 Å². The number of aromatic nitrogens is 2. The maximum Gasteiger partial charge on any atom is 0.148 e. The van der Waals surface area contributed by atoms with Gasteiger partial charge in [-0.25, -0.2) is 15.8 Å². The van der Waals surface area contributed by atoms with Gasteiger partial charge < -0.3 is 21.0 Å². The van der Waals surface area contributed by atoms with Crippen molar-refractivity contribution in [2.24, 2.45) is 5.84 Å². The fraction of sp³-hybridized carbons (Fsp3) is 0.500. The first kappa shape index (κ1) is 11.6. The third kappa shape index (κ3) is 2.75. The minimum absolute atomic E-state index is 0.175. The average Bonchev–Trinajstić information content (AvgIpc) is 2.28. The van der Waals surface area contributed by atoms with Gasteiger partial charge in [0.1, 0.15) is 18.0 Å². The lowest BCUT2D eigenvalue weighted by Crippen LogP contribution is -2.28. The lowest BCUT2D eigenvalue weighted by atomic mass is 10.2. The first-order chi connectivity index (χ1) is 7.22. The maximum atomic E-state index is 8.90. The van der Waals surface area contributed by atoms with Crippen LogP contribution in [0, 0.1) is 6.92 Å². The molecule has 0 amide bonds. The van der Waals surface area contributed by atoms with Gasteiger partial charge in [-0.15, -0.1) is 0 Å². The molecule has 0 bridgehead atoms. The summed E-state index contributed by atoms with van der Waals surface area (Å²) in [5.74, 6) is 6.28. The number of hydrogen-bond acceptors (Lipinski definition) is 7. The van der Waals surface area contributed by atoms with Crippen molar-refractivity contribution in [2.45, 2.75) is 13.0 Å². The summed E-state index contributed by atoms with van der Waals surface area (Å²) in [5.41, 5.74) is 3.16. The van der Waals surface area contributed by atoms with E-state index in [4.69, 9.17) is 16.1 Å². The Bertz CT molecular complexity index is 316. The minimum atomic E-state index is -0.441. The smallest absolute Gasteiger partial charge is 0.148 e. The van der Waals surface area contributed by atoms with E-state index in [-0.39, 0.29) is 13.2 Å². The molecule has 84 valence electrons. The van der Waals surface area contributed by atoms with E-state index in [1.165, 1.54) is 6.33 Å². The van der Waals surface area contributed by atoms with Gasteiger partial charge >= 0.3 is 0 Å². The molecule has 1 aromatic heterocycles. The van der Waals surface area contributed by atoms with Crippen molar-refractivity contribution in [3.63, 3.8) is 0 Å². The molecule has 1 aromatic rings. The second-order valence-electron chi connectivity index (χ2n) is 3.05. The van der Waals surface area contributed by atoms with E-state index >= 15 is 0 Å². The summed E-state index contributed by atoms with van der Waals surface area (Å²) in [6.07, 6.45) is 1.34. The molecule has 0 aromatic carbocycles. The van der Waals surface area contributed by atoms with E-state index in [1.807, 2.05) is 0 Å².